The van der Waals surface area contributed by atoms with Gasteiger partial charge in [0.25, 0.3) is 5.91 Å². The van der Waals surface area contributed by atoms with E-state index >= 15 is 0 Å². The highest BCUT2D eigenvalue weighted by Crippen LogP contribution is 2.35. The molecular formula is C24H27ClN2O2S. The number of para-hydroxylation sites is 1. The molecule has 1 aliphatic rings. The summed E-state index contributed by atoms with van der Waals surface area (Å²) in [5, 5.41) is 1.26. The normalized spacial score (nSPS) is 17.7. The van der Waals surface area contributed by atoms with E-state index in [9.17, 15) is 4.79 Å². The molecule has 1 atom stereocenters. The maximum Gasteiger partial charge on any atom is 0.266 e. The number of nitrogens with zero attached hydrogens (tertiary/aromatic N) is 2. The van der Waals surface area contributed by atoms with Gasteiger partial charge >= 0.3 is 0 Å². The number of carbonyl (C=O) groups is 1. The number of ether oxygens (including phenoxy) is 1. The number of rotatable bonds is 8. The van der Waals surface area contributed by atoms with Gasteiger partial charge in [0, 0.05) is 6.54 Å². The highest BCUT2D eigenvalue weighted by atomic mass is 35.5. The lowest BCUT2D eigenvalue weighted by molar-refractivity contribution is -0.122. The molecule has 1 aliphatic heterocycles. The molecule has 3 rings (SSSR count). The van der Waals surface area contributed by atoms with Crippen molar-refractivity contribution in [1.29, 1.82) is 0 Å². The van der Waals surface area contributed by atoms with Crippen molar-refractivity contribution in [3.8, 4) is 5.75 Å². The molecule has 2 aromatic carbocycles. The number of benzene rings is 2. The summed E-state index contributed by atoms with van der Waals surface area (Å²) in [5.41, 5.74) is 1.70. The average molecular weight is 443 g/mol. The summed E-state index contributed by atoms with van der Waals surface area (Å²) in [7, 11) is 0. The van der Waals surface area contributed by atoms with Crippen LogP contribution in [0, 0.1) is 0 Å². The smallest absolute Gasteiger partial charge is 0.266 e. The van der Waals surface area contributed by atoms with Crippen LogP contribution in [-0.2, 0) is 4.79 Å². The first-order valence-corrected chi connectivity index (χ1v) is 11.5. The first kappa shape index (κ1) is 22.4. The molecule has 0 saturated carbocycles. The number of aliphatic imine (C=N–C) groups is 1. The van der Waals surface area contributed by atoms with Crippen molar-refractivity contribution in [3.05, 3.63) is 64.0 Å². The fourth-order valence-electron chi connectivity index (χ4n) is 2.87. The predicted molar refractivity (Wildman–Crippen MR) is 128 cm³/mol. The molecule has 1 heterocycles. The summed E-state index contributed by atoms with van der Waals surface area (Å²) in [6.07, 6.45) is 4.82. The second-order valence-corrected chi connectivity index (χ2v) is 8.59. The number of halogens is 1. The van der Waals surface area contributed by atoms with Crippen LogP contribution in [0.15, 0.2) is 58.4 Å². The molecular weight excluding hydrogens is 416 g/mol. The summed E-state index contributed by atoms with van der Waals surface area (Å²) in [4.78, 5) is 20.2. The predicted octanol–water partition coefficient (Wildman–Crippen LogP) is 6.92. The molecule has 0 aromatic heterocycles. The number of carbonyl (C=O) groups excluding carboxylic acids is 1. The Morgan fingerprint density at radius 2 is 1.97 bits per heavy atom. The van der Waals surface area contributed by atoms with E-state index in [-0.39, 0.29) is 12.0 Å². The maximum absolute atomic E-state index is 13.1. The van der Waals surface area contributed by atoms with Crippen molar-refractivity contribution < 1.29 is 9.53 Å². The van der Waals surface area contributed by atoms with Gasteiger partial charge in [0.1, 0.15) is 5.75 Å². The molecule has 0 spiro atoms. The monoisotopic (exact) mass is 442 g/mol. The summed E-state index contributed by atoms with van der Waals surface area (Å²) < 4.78 is 5.83. The molecule has 30 heavy (non-hydrogen) atoms. The third kappa shape index (κ3) is 5.67. The second kappa shape index (κ2) is 10.7. The minimum Gasteiger partial charge on any atom is -0.489 e. The first-order chi connectivity index (χ1) is 14.5. The van der Waals surface area contributed by atoms with Gasteiger partial charge in [-0.05, 0) is 67.4 Å². The molecule has 1 saturated heterocycles. The van der Waals surface area contributed by atoms with E-state index in [1.807, 2.05) is 61.5 Å². The van der Waals surface area contributed by atoms with E-state index in [0.29, 0.717) is 27.4 Å². The topological polar surface area (TPSA) is 41.9 Å². The maximum atomic E-state index is 13.1. The number of amides is 1. The second-order valence-electron chi connectivity index (χ2n) is 7.18. The Hall–Kier alpha value is -2.24. The zero-order valence-electron chi connectivity index (χ0n) is 17.6. The molecule has 0 bridgehead atoms. The van der Waals surface area contributed by atoms with Crippen molar-refractivity contribution in [2.45, 2.75) is 46.1 Å². The van der Waals surface area contributed by atoms with Crippen molar-refractivity contribution in [2.75, 3.05) is 6.54 Å². The standard InChI is InChI=1S/C24H27ClN2O2S/c1-4-6-14-27-23(28)22(30-24(27)26-19-10-8-7-9-11-19)16-18-12-13-21(20(25)15-18)29-17(3)5-2/h7-13,15-17H,4-6,14H2,1-3H3/b22-16-,26-24?/t17-/m0/s1. The molecule has 6 heteroatoms. The van der Waals surface area contributed by atoms with Crippen LogP contribution in [0.4, 0.5) is 5.69 Å². The minimum atomic E-state index is -0.0146. The Labute approximate surface area is 188 Å². The number of amidine groups is 1. The van der Waals surface area contributed by atoms with Crippen molar-refractivity contribution in [3.63, 3.8) is 0 Å². The minimum absolute atomic E-state index is 0.0146. The van der Waals surface area contributed by atoms with Crippen molar-refractivity contribution in [1.82, 2.24) is 4.90 Å². The lowest BCUT2D eigenvalue weighted by atomic mass is 10.2. The number of hydrogen-bond acceptors (Lipinski definition) is 4. The highest BCUT2D eigenvalue weighted by molar-refractivity contribution is 8.18. The van der Waals surface area contributed by atoms with E-state index in [2.05, 4.69) is 13.8 Å². The Morgan fingerprint density at radius 3 is 2.63 bits per heavy atom. The van der Waals surface area contributed by atoms with E-state index in [4.69, 9.17) is 21.3 Å². The van der Waals surface area contributed by atoms with Gasteiger partial charge in [-0.25, -0.2) is 4.99 Å². The summed E-state index contributed by atoms with van der Waals surface area (Å²) >= 11 is 7.81. The summed E-state index contributed by atoms with van der Waals surface area (Å²) in [5.74, 6) is 0.647. The van der Waals surface area contributed by atoms with Crippen LogP contribution in [0.1, 0.15) is 45.6 Å². The number of unbranched alkanes of at least 4 members (excludes halogenated alkanes) is 1. The zero-order valence-corrected chi connectivity index (χ0v) is 19.2. The van der Waals surface area contributed by atoms with Gasteiger partial charge < -0.3 is 4.74 Å². The molecule has 158 valence electrons. The van der Waals surface area contributed by atoms with Crippen LogP contribution in [0.25, 0.3) is 6.08 Å². The fourth-order valence-corrected chi connectivity index (χ4v) is 4.13. The van der Waals surface area contributed by atoms with Gasteiger partial charge in [-0.15, -0.1) is 0 Å². The van der Waals surface area contributed by atoms with Crippen LogP contribution in [0.2, 0.25) is 5.02 Å². The molecule has 4 nitrogen and oxygen atoms in total. The zero-order chi connectivity index (χ0) is 21.5. The quantitative estimate of drug-likeness (QED) is 0.416. The Morgan fingerprint density at radius 1 is 1.20 bits per heavy atom. The van der Waals surface area contributed by atoms with Crippen LogP contribution >= 0.6 is 23.4 Å². The van der Waals surface area contributed by atoms with Gasteiger partial charge in [0.2, 0.25) is 0 Å². The molecule has 0 N–H and O–H groups in total. The largest absolute Gasteiger partial charge is 0.489 e. The lowest BCUT2D eigenvalue weighted by Crippen LogP contribution is -2.30. The van der Waals surface area contributed by atoms with Crippen LogP contribution in [0.3, 0.4) is 0 Å². The SMILES string of the molecule is CCCCN1C(=O)/C(=C/c2ccc(O[C@@H](C)CC)c(Cl)c2)SC1=Nc1ccccc1. The summed E-state index contributed by atoms with van der Waals surface area (Å²) in [6, 6.07) is 15.3. The van der Waals surface area contributed by atoms with Gasteiger partial charge in [-0.1, -0.05) is 56.1 Å². The van der Waals surface area contributed by atoms with Gasteiger partial charge in [0.05, 0.1) is 21.7 Å². The molecule has 0 unspecified atom stereocenters. The first-order valence-electron chi connectivity index (χ1n) is 10.3. The van der Waals surface area contributed by atoms with E-state index in [1.54, 1.807) is 4.90 Å². The van der Waals surface area contributed by atoms with Crippen LogP contribution in [0.5, 0.6) is 5.75 Å². The average Bonchev–Trinajstić information content (AvgIpc) is 3.03. The molecule has 0 radical (unpaired) electrons. The van der Waals surface area contributed by atoms with Crippen molar-refractivity contribution >= 4 is 46.2 Å². The van der Waals surface area contributed by atoms with E-state index in [0.717, 1.165) is 30.5 Å². The Bertz CT molecular complexity index is 943. The third-order valence-corrected chi connectivity index (χ3v) is 6.06. The molecule has 1 amide bonds. The fraction of sp³-hybridized carbons (Fsp3) is 0.333. The highest BCUT2D eigenvalue weighted by Gasteiger charge is 2.32. The van der Waals surface area contributed by atoms with E-state index in [1.165, 1.54) is 11.8 Å². The van der Waals surface area contributed by atoms with E-state index < -0.39 is 0 Å². The lowest BCUT2D eigenvalue weighted by Gasteiger charge is -2.15. The summed E-state index contributed by atoms with van der Waals surface area (Å²) in [6.45, 7) is 6.86. The van der Waals surface area contributed by atoms with Gasteiger partial charge in [-0.2, -0.15) is 0 Å². The van der Waals surface area contributed by atoms with Crippen LogP contribution in [-0.4, -0.2) is 28.6 Å². The number of thioether (sulfide) groups is 1. The third-order valence-electron chi connectivity index (χ3n) is 4.76. The molecule has 2 aromatic rings. The Kier molecular flexibility index (Phi) is 8.00. The van der Waals surface area contributed by atoms with Crippen LogP contribution < -0.4 is 4.74 Å². The number of hydrogen-bond donors (Lipinski definition) is 0. The molecule has 0 aliphatic carbocycles. The molecule has 1 fully saturated rings. The Balaban J connectivity index is 1.86. The van der Waals surface area contributed by atoms with Gasteiger partial charge in [0.15, 0.2) is 5.17 Å². The van der Waals surface area contributed by atoms with Crippen molar-refractivity contribution in [2.24, 2.45) is 4.99 Å². The van der Waals surface area contributed by atoms with Gasteiger partial charge in [-0.3, -0.25) is 9.69 Å².